The number of hydrogen-bond donors (Lipinski definition) is 1. The standard InChI is InChI=1S/C35H43N5O3/c1-22-10-12-26(13-11-22)29-27-18-23(2)39-16-17-40(34-36-19-25(20-37-34)21-38-14-8-7-9-15-38)30(31(27)39)24(3)28(29)32(33(41)42)43-35(4,5)6/h10-13,18-20,32H,7-9,14-17,21H2,1-6H3,(H,41,42)/t32-/m0/s1. The van der Waals surface area contributed by atoms with Crippen LogP contribution < -0.4 is 4.90 Å². The summed E-state index contributed by atoms with van der Waals surface area (Å²) in [5.41, 5.74) is 8.22. The Labute approximate surface area is 254 Å². The number of carboxylic acids is 1. The summed E-state index contributed by atoms with van der Waals surface area (Å²) >= 11 is 0. The lowest BCUT2D eigenvalue weighted by atomic mass is 9.87. The summed E-state index contributed by atoms with van der Waals surface area (Å²) < 4.78 is 8.67. The quantitative estimate of drug-likeness (QED) is 0.249. The minimum atomic E-state index is -1.16. The number of aryl methyl sites for hydroxylation is 2. The number of piperidine rings is 1. The van der Waals surface area contributed by atoms with Gasteiger partial charge >= 0.3 is 5.97 Å². The molecule has 6 rings (SSSR count). The summed E-state index contributed by atoms with van der Waals surface area (Å²) in [5, 5.41) is 11.6. The lowest BCUT2D eigenvalue weighted by Crippen LogP contribution is -2.32. The Kier molecular flexibility index (Phi) is 7.77. The molecule has 1 saturated heterocycles. The predicted octanol–water partition coefficient (Wildman–Crippen LogP) is 7.10. The molecule has 1 atom stereocenters. The van der Waals surface area contributed by atoms with Crippen LogP contribution in [0.4, 0.5) is 11.6 Å². The van der Waals surface area contributed by atoms with E-state index in [1.807, 2.05) is 40.1 Å². The fourth-order valence-corrected chi connectivity index (χ4v) is 6.78. The fourth-order valence-electron chi connectivity index (χ4n) is 6.78. The van der Waals surface area contributed by atoms with Gasteiger partial charge in [0.15, 0.2) is 6.10 Å². The number of aromatic nitrogens is 3. The molecule has 2 aromatic carbocycles. The molecule has 0 saturated carbocycles. The normalized spacial score (nSPS) is 16.6. The number of rotatable bonds is 7. The van der Waals surface area contributed by atoms with Crippen molar-refractivity contribution in [2.24, 2.45) is 0 Å². The highest BCUT2D eigenvalue weighted by atomic mass is 16.5. The second-order valence-corrected chi connectivity index (χ2v) is 13.2. The Morgan fingerprint density at radius 3 is 2.28 bits per heavy atom. The molecular weight excluding hydrogens is 538 g/mol. The van der Waals surface area contributed by atoms with Gasteiger partial charge in [0.05, 0.1) is 16.8 Å². The van der Waals surface area contributed by atoms with Crippen LogP contribution >= 0.6 is 0 Å². The second-order valence-electron chi connectivity index (χ2n) is 13.2. The predicted molar refractivity (Wildman–Crippen MR) is 171 cm³/mol. The average molecular weight is 582 g/mol. The minimum Gasteiger partial charge on any atom is -0.479 e. The molecule has 4 aromatic rings. The third-order valence-corrected chi connectivity index (χ3v) is 8.73. The van der Waals surface area contributed by atoms with E-state index in [0.717, 1.165) is 76.3 Å². The molecule has 8 nitrogen and oxygen atoms in total. The molecule has 8 heteroatoms. The first-order chi connectivity index (χ1) is 20.5. The first-order valence-electron chi connectivity index (χ1n) is 15.5. The third-order valence-electron chi connectivity index (χ3n) is 8.73. The van der Waals surface area contributed by atoms with Crippen molar-refractivity contribution in [1.82, 2.24) is 19.4 Å². The summed E-state index contributed by atoms with van der Waals surface area (Å²) in [6.07, 6.45) is 6.55. The Morgan fingerprint density at radius 1 is 0.977 bits per heavy atom. The van der Waals surface area contributed by atoms with Crippen LogP contribution in [0.1, 0.15) is 74.1 Å². The van der Waals surface area contributed by atoms with Crippen molar-refractivity contribution in [1.29, 1.82) is 0 Å². The summed E-state index contributed by atoms with van der Waals surface area (Å²) in [6, 6.07) is 10.5. The van der Waals surface area contributed by atoms with Crippen LogP contribution in [0, 0.1) is 20.8 Å². The number of hydrogen-bond acceptors (Lipinski definition) is 6. The van der Waals surface area contributed by atoms with Crippen molar-refractivity contribution in [2.45, 2.75) is 85.6 Å². The summed E-state index contributed by atoms with van der Waals surface area (Å²) in [6.45, 7) is 16.5. The molecule has 226 valence electrons. The van der Waals surface area contributed by atoms with Crippen LogP contribution in [0.25, 0.3) is 22.0 Å². The smallest absolute Gasteiger partial charge is 0.337 e. The maximum absolute atomic E-state index is 13.0. The van der Waals surface area contributed by atoms with E-state index in [4.69, 9.17) is 14.7 Å². The van der Waals surface area contributed by atoms with Crippen LogP contribution in [0.3, 0.4) is 0 Å². The van der Waals surface area contributed by atoms with Crippen LogP contribution in [0.15, 0.2) is 42.7 Å². The van der Waals surface area contributed by atoms with Gasteiger partial charge in [-0.15, -0.1) is 0 Å². The number of nitrogens with zero attached hydrogens (tertiary/aromatic N) is 5. The van der Waals surface area contributed by atoms with Crippen molar-refractivity contribution in [3.8, 4) is 11.1 Å². The van der Waals surface area contributed by atoms with Gasteiger partial charge in [-0.1, -0.05) is 36.2 Å². The first-order valence-corrected chi connectivity index (χ1v) is 15.5. The molecule has 2 aliphatic heterocycles. The highest BCUT2D eigenvalue weighted by Crippen LogP contribution is 2.49. The zero-order valence-corrected chi connectivity index (χ0v) is 26.3. The highest BCUT2D eigenvalue weighted by molar-refractivity contribution is 6.08. The number of carboxylic acid groups (broad SMARTS) is 1. The highest BCUT2D eigenvalue weighted by Gasteiger charge is 2.36. The van der Waals surface area contributed by atoms with Gasteiger partial charge < -0.3 is 19.3 Å². The van der Waals surface area contributed by atoms with Gasteiger partial charge in [-0.05, 0) is 90.2 Å². The van der Waals surface area contributed by atoms with E-state index in [0.29, 0.717) is 18.1 Å². The largest absolute Gasteiger partial charge is 0.479 e. The van der Waals surface area contributed by atoms with E-state index in [1.54, 1.807) is 0 Å². The van der Waals surface area contributed by atoms with Crippen LogP contribution in [0.2, 0.25) is 0 Å². The maximum Gasteiger partial charge on any atom is 0.337 e. The van der Waals surface area contributed by atoms with Gasteiger partial charge in [-0.25, -0.2) is 14.8 Å². The molecule has 0 amide bonds. The topological polar surface area (TPSA) is 83.7 Å². The summed E-state index contributed by atoms with van der Waals surface area (Å²) in [4.78, 5) is 27.3. The van der Waals surface area contributed by atoms with Gasteiger partial charge in [0.2, 0.25) is 5.95 Å². The molecule has 2 aliphatic rings. The van der Waals surface area contributed by atoms with Gasteiger partial charge in [0, 0.05) is 54.2 Å². The average Bonchev–Trinajstić information content (AvgIpc) is 3.31. The van der Waals surface area contributed by atoms with E-state index >= 15 is 0 Å². The lowest BCUT2D eigenvalue weighted by Gasteiger charge is -2.35. The van der Waals surface area contributed by atoms with Gasteiger partial charge in [-0.3, -0.25) is 4.90 Å². The van der Waals surface area contributed by atoms with Crippen LogP contribution in [-0.2, 0) is 22.6 Å². The Morgan fingerprint density at radius 2 is 1.65 bits per heavy atom. The Bertz CT molecular complexity index is 1640. The monoisotopic (exact) mass is 581 g/mol. The van der Waals surface area contributed by atoms with Crippen LogP contribution in [-0.4, -0.2) is 55.7 Å². The van der Waals surface area contributed by atoms with E-state index in [2.05, 4.69) is 58.5 Å². The van der Waals surface area contributed by atoms with Gasteiger partial charge in [-0.2, -0.15) is 0 Å². The molecule has 1 N–H and O–H groups in total. The SMILES string of the molecule is Cc1ccc(-c2c([C@H](OC(C)(C)C)C(=O)O)c(C)c3c4c2cc(C)n4CCN3c2ncc(CN3CCCCC3)cn2)cc1. The Hall–Kier alpha value is -3.75. The third kappa shape index (κ3) is 5.66. The van der Waals surface area contributed by atoms with Crippen molar-refractivity contribution >= 4 is 28.5 Å². The first kappa shape index (κ1) is 29.3. The fraction of sp³-hybridized carbons (Fsp3) is 0.457. The molecule has 0 radical (unpaired) electrons. The zero-order valence-electron chi connectivity index (χ0n) is 26.3. The second kappa shape index (κ2) is 11.4. The molecular formula is C35H43N5O3. The molecule has 0 bridgehead atoms. The summed E-state index contributed by atoms with van der Waals surface area (Å²) in [5.74, 6) is -0.371. The van der Waals surface area contributed by atoms with Crippen molar-refractivity contribution in [3.05, 3.63) is 70.7 Å². The van der Waals surface area contributed by atoms with Gasteiger partial charge in [0.25, 0.3) is 0 Å². The molecule has 2 aromatic heterocycles. The Balaban J connectivity index is 1.54. The number of aliphatic carboxylic acids is 1. The zero-order chi connectivity index (χ0) is 30.5. The number of ether oxygens (including phenoxy) is 1. The number of anilines is 2. The van der Waals surface area contributed by atoms with E-state index in [1.165, 1.54) is 19.3 Å². The van der Waals surface area contributed by atoms with Crippen LogP contribution in [0.5, 0.6) is 0 Å². The lowest BCUT2D eigenvalue weighted by molar-refractivity contribution is -0.160. The molecule has 1 fully saturated rings. The minimum absolute atomic E-state index is 0.634. The maximum atomic E-state index is 13.0. The van der Waals surface area contributed by atoms with E-state index in [-0.39, 0.29) is 0 Å². The molecule has 4 heterocycles. The molecule has 0 aliphatic carbocycles. The van der Waals surface area contributed by atoms with Gasteiger partial charge in [0.1, 0.15) is 0 Å². The van der Waals surface area contributed by atoms with Crippen molar-refractivity contribution < 1.29 is 14.6 Å². The van der Waals surface area contributed by atoms with E-state index < -0.39 is 17.7 Å². The number of likely N-dealkylation sites (tertiary alicyclic amines) is 1. The van der Waals surface area contributed by atoms with Crippen molar-refractivity contribution in [3.63, 3.8) is 0 Å². The summed E-state index contributed by atoms with van der Waals surface area (Å²) in [7, 11) is 0. The molecule has 0 unspecified atom stereocenters. The number of benzene rings is 2. The molecule has 43 heavy (non-hydrogen) atoms. The van der Waals surface area contributed by atoms with Crippen molar-refractivity contribution in [2.75, 3.05) is 24.5 Å². The number of carbonyl (C=O) groups is 1. The molecule has 0 spiro atoms. The van der Waals surface area contributed by atoms with E-state index in [9.17, 15) is 9.90 Å².